The topological polar surface area (TPSA) is 83.5 Å². The molecular formula is C22H24O7. The molecule has 1 saturated heterocycles. The number of methoxy groups -OCH3 is 1. The van der Waals surface area contributed by atoms with Gasteiger partial charge in [-0.15, -0.1) is 0 Å². The molecule has 2 aromatic rings. The van der Waals surface area contributed by atoms with E-state index >= 15 is 0 Å². The number of fused-ring (bicyclic) bond motifs is 1. The standard InChI is InChI=1S/C22H24O7/c1-13(23)26-11-17-16(7-14-3-6-19-21(8-14)29-12-28-19)10-27-22(17)15-4-5-18(24)20(9-15)25-2/h3-6,8-9,16-17,22,24H,7,10-12H2,1-2H3/t16-,17-,22+/m1/s1. The van der Waals surface area contributed by atoms with Gasteiger partial charge in [-0.3, -0.25) is 4.79 Å². The molecule has 2 aliphatic heterocycles. The highest BCUT2D eigenvalue weighted by Gasteiger charge is 2.39. The second-order valence-corrected chi connectivity index (χ2v) is 7.30. The molecule has 0 amide bonds. The number of aromatic hydroxyl groups is 1. The normalized spacial score (nSPS) is 22.5. The smallest absolute Gasteiger partial charge is 0.302 e. The van der Waals surface area contributed by atoms with E-state index in [1.165, 1.54) is 14.0 Å². The number of rotatable bonds is 6. The molecule has 2 aromatic carbocycles. The van der Waals surface area contributed by atoms with Crippen LogP contribution in [0.25, 0.3) is 0 Å². The Morgan fingerprint density at radius 3 is 2.79 bits per heavy atom. The van der Waals surface area contributed by atoms with Crippen LogP contribution in [0.3, 0.4) is 0 Å². The van der Waals surface area contributed by atoms with Crippen LogP contribution >= 0.6 is 0 Å². The first-order chi connectivity index (χ1) is 14.0. The van der Waals surface area contributed by atoms with Crippen LogP contribution in [0.15, 0.2) is 36.4 Å². The molecule has 0 aromatic heterocycles. The second kappa shape index (κ2) is 8.21. The third-order valence-corrected chi connectivity index (χ3v) is 5.43. The predicted molar refractivity (Wildman–Crippen MR) is 103 cm³/mol. The lowest BCUT2D eigenvalue weighted by atomic mass is 9.84. The van der Waals surface area contributed by atoms with E-state index in [1.807, 2.05) is 24.3 Å². The van der Waals surface area contributed by atoms with Gasteiger partial charge in [0.2, 0.25) is 6.79 Å². The van der Waals surface area contributed by atoms with Crippen molar-refractivity contribution >= 4 is 5.97 Å². The van der Waals surface area contributed by atoms with Crippen LogP contribution in [-0.2, 0) is 20.7 Å². The van der Waals surface area contributed by atoms with Gasteiger partial charge in [-0.05, 0) is 47.7 Å². The predicted octanol–water partition coefficient (Wildman–Crippen LogP) is 3.24. The van der Waals surface area contributed by atoms with E-state index in [-0.39, 0.29) is 43.1 Å². The summed E-state index contributed by atoms with van der Waals surface area (Å²) in [6.07, 6.45) is 0.497. The van der Waals surface area contributed by atoms with Crippen molar-refractivity contribution in [2.24, 2.45) is 11.8 Å². The third-order valence-electron chi connectivity index (χ3n) is 5.43. The summed E-state index contributed by atoms with van der Waals surface area (Å²) in [4.78, 5) is 11.4. The van der Waals surface area contributed by atoms with E-state index in [1.54, 1.807) is 12.1 Å². The van der Waals surface area contributed by atoms with Gasteiger partial charge in [0.05, 0.1) is 26.4 Å². The van der Waals surface area contributed by atoms with E-state index in [9.17, 15) is 9.90 Å². The third kappa shape index (κ3) is 4.10. The summed E-state index contributed by atoms with van der Waals surface area (Å²) >= 11 is 0. The molecule has 2 heterocycles. The van der Waals surface area contributed by atoms with Crippen LogP contribution in [0.2, 0.25) is 0 Å². The fourth-order valence-electron chi connectivity index (χ4n) is 3.95. The summed E-state index contributed by atoms with van der Waals surface area (Å²) in [5.74, 6) is 1.76. The molecule has 1 fully saturated rings. The fraction of sp³-hybridized carbons (Fsp3) is 0.409. The number of hydrogen-bond acceptors (Lipinski definition) is 7. The SMILES string of the molecule is COc1cc([C@@H]2OC[C@@H](Cc3ccc4c(c3)OCO4)[C@H]2COC(C)=O)ccc1O. The number of hydrogen-bond donors (Lipinski definition) is 1. The number of esters is 1. The summed E-state index contributed by atoms with van der Waals surface area (Å²) in [5.41, 5.74) is 1.99. The van der Waals surface area contributed by atoms with Crippen molar-refractivity contribution in [3.05, 3.63) is 47.5 Å². The van der Waals surface area contributed by atoms with Crippen LogP contribution < -0.4 is 14.2 Å². The summed E-state index contributed by atoms with van der Waals surface area (Å²) in [6, 6.07) is 11.1. The Morgan fingerprint density at radius 2 is 2.00 bits per heavy atom. The second-order valence-electron chi connectivity index (χ2n) is 7.30. The van der Waals surface area contributed by atoms with Gasteiger partial charge in [-0.2, -0.15) is 0 Å². The van der Waals surface area contributed by atoms with Gasteiger partial charge in [-0.1, -0.05) is 12.1 Å². The first-order valence-electron chi connectivity index (χ1n) is 9.55. The Hall–Kier alpha value is -2.93. The van der Waals surface area contributed by atoms with Gasteiger partial charge in [0.25, 0.3) is 0 Å². The Kier molecular flexibility index (Phi) is 5.49. The Balaban J connectivity index is 1.56. The van der Waals surface area contributed by atoms with E-state index in [0.29, 0.717) is 12.4 Å². The van der Waals surface area contributed by atoms with Crippen LogP contribution in [-0.4, -0.2) is 38.2 Å². The number of ether oxygens (including phenoxy) is 5. The van der Waals surface area contributed by atoms with Gasteiger partial charge in [0.15, 0.2) is 23.0 Å². The van der Waals surface area contributed by atoms with Crippen molar-refractivity contribution in [1.82, 2.24) is 0 Å². The Morgan fingerprint density at radius 1 is 1.17 bits per heavy atom. The fourth-order valence-corrected chi connectivity index (χ4v) is 3.95. The van der Waals surface area contributed by atoms with Crippen molar-refractivity contribution in [3.63, 3.8) is 0 Å². The maximum Gasteiger partial charge on any atom is 0.302 e. The zero-order valence-corrected chi connectivity index (χ0v) is 16.4. The average molecular weight is 400 g/mol. The lowest BCUT2D eigenvalue weighted by Gasteiger charge is -2.23. The van der Waals surface area contributed by atoms with Crippen LogP contribution in [0.5, 0.6) is 23.0 Å². The van der Waals surface area contributed by atoms with Crippen LogP contribution in [0, 0.1) is 11.8 Å². The van der Waals surface area contributed by atoms with E-state index < -0.39 is 0 Å². The molecule has 154 valence electrons. The molecule has 0 radical (unpaired) electrons. The molecule has 2 aliphatic rings. The molecule has 4 rings (SSSR count). The molecule has 1 N–H and O–H groups in total. The zero-order chi connectivity index (χ0) is 20.4. The van der Waals surface area contributed by atoms with Crippen molar-refractivity contribution in [1.29, 1.82) is 0 Å². The maximum absolute atomic E-state index is 11.4. The monoisotopic (exact) mass is 400 g/mol. The highest BCUT2D eigenvalue weighted by Crippen LogP contribution is 2.43. The van der Waals surface area contributed by atoms with Crippen molar-refractivity contribution < 1.29 is 33.6 Å². The molecule has 29 heavy (non-hydrogen) atoms. The average Bonchev–Trinajstić information content (AvgIpc) is 3.33. The molecule has 0 bridgehead atoms. The van der Waals surface area contributed by atoms with Gasteiger partial charge in [-0.25, -0.2) is 0 Å². The molecular weight excluding hydrogens is 376 g/mol. The van der Waals surface area contributed by atoms with Crippen molar-refractivity contribution in [2.75, 3.05) is 27.1 Å². The highest BCUT2D eigenvalue weighted by atomic mass is 16.7. The van der Waals surface area contributed by atoms with Gasteiger partial charge in [0, 0.05) is 12.8 Å². The van der Waals surface area contributed by atoms with Gasteiger partial charge >= 0.3 is 5.97 Å². The summed E-state index contributed by atoms with van der Waals surface area (Å²) in [7, 11) is 1.51. The lowest BCUT2D eigenvalue weighted by Crippen LogP contribution is -2.24. The van der Waals surface area contributed by atoms with E-state index in [0.717, 1.165) is 29.0 Å². The minimum absolute atomic E-state index is 0.0291. The largest absolute Gasteiger partial charge is 0.504 e. The molecule has 0 spiro atoms. The first kappa shape index (κ1) is 19.4. The Bertz CT molecular complexity index is 895. The number of carbonyl (C=O) groups is 1. The summed E-state index contributed by atoms with van der Waals surface area (Å²) < 4.78 is 27.6. The zero-order valence-electron chi connectivity index (χ0n) is 16.4. The molecule has 3 atom stereocenters. The van der Waals surface area contributed by atoms with E-state index in [2.05, 4.69) is 0 Å². The number of phenolic OH excluding ortho intramolecular Hbond substituents is 1. The summed E-state index contributed by atoms with van der Waals surface area (Å²) in [6.45, 7) is 2.44. The number of benzene rings is 2. The van der Waals surface area contributed by atoms with Gasteiger partial charge in [0.1, 0.15) is 0 Å². The minimum Gasteiger partial charge on any atom is -0.504 e. The maximum atomic E-state index is 11.4. The van der Waals surface area contributed by atoms with Crippen molar-refractivity contribution in [2.45, 2.75) is 19.4 Å². The molecule has 7 heteroatoms. The lowest BCUT2D eigenvalue weighted by molar-refractivity contribution is -0.143. The van der Waals surface area contributed by atoms with Crippen molar-refractivity contribution in [3.8, 4) is 23.0 Å². The quantitative estimate of drug-likeness (QED) is 0.745. The molecule has 0 aliphatic carbocycles. The van der Waals surface area contributed by atoms with E-state index in [4.69, 9.17) is 23.7 Å². The van der Waals surface area contributed by atoms with Crippen LogP contribution in [0.4, 0.5) is 0 Å². The molecule has 0 saturated carbocycles. The molecule has 0 unspecified atom stereocenters. The number of carbonyl (C=O) groups excluding carboxylic acids is 1. The Labute approximate surface area is 169 Å². The van der Waals surface area contributed by atoms with Crippen LogP contribution in [0.1, 0.15) is 24.2 Å². The minimum atomic E-state index is -0.319. The number of phenols is 1. The highest BCUT2D eigenvalue weighted by molar-refractivity contribution is 5.65. The molecule has 7 nitrogen and oxygen atoms in total. The summed E-state index contributed by atoms with van der Waals surface area (Å²) in [5, 5.41) is 9.89. The first-order valence-corrected chi connectivity index (χ1v) is 9.55. The van der Waals surface area contributed by atoms with Gasteiger partial charge < -0.3 is 28.8 Å².